The molecule has 20 heavy (non-hydrogen) atoms. The topological polar surface area (TPSA) is 50.8 Å². The summed E-state index contributed by atoms with van der Waals surface area (Å²) in [6.45, 7) is 7.00. The number of ether oxygens (including phenoxy) is 2. The maximum Gasteiger partial charge on any atom is 0.322 e. The second-order valence-electron chi connectivity index (χ2n) is 5.56. The van der Waals surface area contributed by atoms with Gasteiger partial charge >= 0.3 is 5.97 Å². The molecule has 0 amide bonds. The van der Waals surface area contributed by atoms with Crippen molar-refractivity contribution in [3.63, 3.8) is 0 Å². The van der Waals surface area contributed by atoms with E-state index in [4.69, 9.17) is 9.47 Å². The number of hydrogen-bond acceptors (Lipinski definition) is 5. The van der Waals surface area contributed by atoms with Crippen LogP contribution < -0.4 is 5.32 Å². The number of hydrogen-bond donors (Lipinski definition) is 1. The molecule has 1 aliphatic heterocycles. The molecule has 118 valence electrons. The molecule has 1 atom stereocenters. The summed E-state index contributed by atoms with van der Waals surface area (Å²) in [7, 11) is 3.23. The molecule has 1 rings (SSSR count). The lowest BCUT2D eigenvalue weighted by Crippen LogP contribution is -2.42. The molecule has 1 aliphatic rings. The van der Waals surface area contributed by atoms with E-state index in [0.717, 1.165) is 45.6 Å². The van der Waals surface area contributed by atoms with Crippen LogP contribution >= 0.6 is 0 Å². The van der Waals surface area contributed by atoms with Crippen molar-refractivity contribution < 1.29 is 14.3 Å². The van der Waals surface area contributed by atoms with Gasteiger partial charge in [-0.3, -0.25) is 4.79 Å². The third-order valence-corrected chi connectivity index (χ3v) is 3.97. The molecular weight excluding hydrogens is 256 g/mol. The highest BCUT2D eigenvalue weighted by Crippen LogP contribution is 2.17. The molecule has 0 aromatic heterocycles. The largest absolute Gasteiger partial charge is 0.468 e. The minimum absolute atomic E-state index is 0.146. The molecular formula is C15H30N2O3. The number of nitrogens with one attached hydrogen (secondary N) is 1. The molecule has 0 aromatic carbocycles. The van der Waals surface area contributed by atoms with Gasteiger partial charge in [-0.15, -0.1) is 0 Å². The summed E-state index contributed by atoms with van der Waals surface area (Å²) in [5, 5.41) is 3.27. The Morgan fingerprint density at radius 2 is 2.05 bits per heavy atom. The lowest BCUT2D eigenvalue weighted by Gasteiger charge is -2.32. The average Bonchev–Trinajstić information content (AvgIpc) is 2.48. The van der Waals surface area contributed by atoms with Gasteiger partial charge in [-0.25, -0.2) is 0 Å². The Morgan fingerprint density at radius 1 is 1.35 bits per heavy atom. The van der Waals surface area contributed by atoms with Gasteiger partial charge in [0.05, 0.1) is 7.11 Å². The van der Waals surface area contributed by atoms with Crippen molar-refractivity contribution in [2.45, 2.75) is 38.6 Å². The molecule has 1 unspecified atom stereocenters. The fourth-order valence-corrected chi connectivity index (χ4v) is 2.69. The molecule has 1 saturated heterocycles. The van der Waals surface area contributed by atoms with Gasteiger partial charge in [0.1, 0.15) is 6.04 Å². The molecule has 1 N–H and O–H groups in total. The minimum atomic E-state index is -0.170. The van der Waals surface area contributed by atoms with Crippen LogP contribution in [-0.4, -0.2) is 63.9 Å². The highest BCUT2D eigenvalue weighted by molar-refractivity contribution is 5.75. The monoisotopic (exact) mass is 286 g/mol. The third kappa shape index (κ3) is 6.20. The van der Waals surface area contributed by atoms with E-state index in [-0.39, 0.29) is 12.0 Å². The van der Waals surface area contributed by atoms with Crippen LogP contribution in [-0.2, 0) is 14.3 Å². The average molecular weight is 286 g/mol. The number of esters is 1. The Balaban J connectivity index is 2.27. The second kappa shape index (κ2) is 10.1. The van der Waals surface area contributed by atoms with E-state index in [1.54, 1.807) is 7.11 Å². The Hall–Kier alpha value is -0.650. The van der Waals surface area contributed by atoms with Gasteiger partial charge < -0.3 is 19.7 Å². The van der Waals surface area contributed by atoms with E-state index in [1.165, 1.54) is 20.0 Å². The van der Waals surface area contributed by atoms with Crippen LogP contribution in [0.2, 0.25) is 0 Å². The molecule has 1 fully saturated rings. The van der Waals surface area contributed by atoms with Gasteiger partial charge in [0.2, 0.25) is 0 Å². The van der Waals surface area contributed by atoms with Crippen molar-refractivity contribution in [3.8, 4) is 0 Å². The maximum atomic E-state index is 11.7. The zero-order valence-electron chi connectivity index (χ0n) is 13.2. The van der Waals surface area contributed by atoms with Crippen LogP contribution in [0.5, 0.6) is 0 Å². The number of rotatable bonds is 9. The molecule has 5 nitrogen and oxygen atoms in total. The molecule has 1 heterocycles. The van der Waals surface area contributed by atoms with Crippen molar-refractivity contribution in [3.05, 3.63) is 0 Å². The molecule has 0 aromatic rings. The van der Waals surface area contributed by atoms with Gasteiger partial charge in [-0.2, -0.15) is 0 Å². The highest BCUT2D eigenvalue weighted by atomic mass is 16.5. The number of piperidine rings is 1. The number of nitrogens with zero attached hydrogens (tertiary/aromatic N) is 1. The number of methoxy groups -OCH3 is 2. The van der Waals surface area contributed by atoms with Crippen LogP contribution in [0.1, 0.15) is 32.6 Å². The van der Waals surface area contributed by atoms with Gasteiger partial charge in [0.15, 0.2) is 0 Å². The molecule has 5 heteroatoms. The predicted molar refractivity (Wildman–Crippen MR) is 79.8 cm³/mol. The van der Waals surface area contributed by atoms with Crippen LogP contribution in [0.25, 0.3) is 0 Å². The van der Waals surface area contributed by atoms with Crippen LogP contribution in [0.15, 0.2) is 0 Å². The summed E-state index contributed by atoms with van der Waals surface area (Å²) >= 11 is 0. The smallest absolute Gasteiger partial charge is 0.322 e. The predicted octanol–water partition coefficient (Wildman–Crippen LogP) is 1.28. The zero-order chi connectivity index (χ0) is 14.8. The molecule has 0 aliphatic carbocycles. The normalized spacial score (nSPS) is 18.9. The van der Waals surface area contributed by atoms with Crippen LogP contribution in [0.3, 0.4) is 0 Å². The van der Waals surface area contributed by atoms with Gasteiger partial charge in [0, 0.05) is 20.3 Å². The Morgan fingerprint density at radius 3 is 2.60 bits per heavy atom. The summed E-state index contributed by atoms with van der Waals surface area (Å²) in [5.41, 5.74) is 0. The summed E-state index contributed by atoms with van der Waals surface area (Å²) in [6, 6.07) is -0.170. The highest BCUT2D eigenvalue weighted by Gasteiger charge is 2.22. The first-order valence-electron chi connectivity index (χ1n) is 7.73. The minimum Gasteiger partial charge on any atom is -0.468 e. The summed E-state index contributed by atoms with van der Waals surface area (Å²) in [5.74, 6) is 0.554. The van der Waals surface area contributed by atoms with Gasteiger partial charge in [-0.05, 0) is 51.2 Å². The van der Waals surface area contributed by atoms with Crippen LogP contribution in [0.4, 0.5) is 0 Å². The lowest BCUT2D eigenvalue weighted by atomic mass is 9.97. The molecule has 0 spiro atoms. The van der Waals surface area contributed by atoms with E-state index in [2.05, 4.69) is 17.1 Å². The van der Waals surface area contributed by atoms with Crippen molar-refractivity contribution in [2.75, 3.05) is 47.0 Å². The number of likely N-dealkylation sites (tertiary alicyclic amines) is 1. The van der Waals surface area contributed by atoms with Crippen molar-refractivity contribution in [1.82, 2.24) is 10.2 Å². The lowest BCUT2D eigenvalue weighted by molar-refractivity contribution is -0.143. The molecule has 0 saturated carbocycles. The first-order chi connectivity index (χ1) is 9.71. The van der Waals surface area contributed by atoms with Gasteiger partial charge in [0.25, 0.3) is 0 Å². The van der Waals surface area contributed by atoms with E-state index in [1.807, 2.05) is 0 Å². The maximum absolute atomic E-state index is 11.7. The second-order valence-corrected chi connectivity index (χ2v) is 5.56. The van der Waals surface area contributed by atoms with E-state index in [0.29, 0.717) is 5.92 Å². The SMILES string of the molecule is CCCNC(CCN1CCC(COC)CC1)C(=O)OC. The Bertz CT molecular complexity index is 266. The van der Waals surface area contributed by atoms with Gasteiger partial charge in [-0.1, -0.05) is 6.92 Å². The van der Waals surface area contributed by atoms with Crippen LogP contribution in [0, 0.1) is 5.92 Å². The number of carbonyl (C=O) groups excluding carboxylic acids is 1. The Labute approximate surface area is 123 Å². The summed E-state index contributed by atoms with van der Waals surface area (Å²) < 4.78 is 10.1. The fraction of sp³-hybridized carbons (Fsp3) is 0.933. The van der Waals surface area contributed by atoms with Crippen molar-refractivity contribution in [1.29, 1.82) is 0 Å². The zero-order valence-corrected chi connectivity index (χ0v) is 13.2. The number of carbonyl (C=O) groups is 1. The first kappa shape index (κ1) is 17.4. The van der Waals surface area contributed by atoms with Crippen molar-refractivity contribution >= 4 is 5.97 Å². The summed E-state index contributed by atoms with van der Waals surface area (Å²) in [6.07, 6.45) is 4.23. The molecule has 0 radical (unpaired) electrons. The van der Waals surface area contributed by atoms with E-state index < -0.39 is 0 Å². The van der Waals surface area contributed by atoms with E-state index >= 15 is 0 Å². The summed E-state index contributed by atoms with van der Waals surface area (Å²) in [4.78, 5) is 14.1. The standard InChI is InChI=1S/C15H30N2O3/c1-4-8-16-14(15(18)20-3)7-11-17-9-5-13(6-10-17)12-19-2/h13-14,16H,4-12H2,1-3H3. The third-order valence-electron chi connectivity index (χ3n) is 3.97. The van der Waals surface area contributed by atoms with E-state index in [9.17, 15) is 4.79 Å². The Kier molecular flexibility index (Phi) is 8.82. The molecule has 0 bridgehead atoms. The quantitative estimate of drug-likeness (QED) is 0.647. The van der Waals surface area contributed by atoms with Crippen molar-refractivity contribution in [2.24, 2.45) is 5.92 Å². The first-order valence-corrected chi connectivity index (χ1v) is 7.73. The fourth-order valence-electron chi connectivity index (χ4n) is 2.69.